The Bertz CT molecular complexity index is 1220. The molecule has 0 fully saturated rings. The van der Waals surface area contributed by atoms with Crippen LogP contribution in [0.2, 0.25) is 0 Å². The number of aromatic nitrogens is 2. The Kier molecular flexibility index (Phi) is 7.92. The third-order valence-electron chi connectivity index (χ3n) is 4.83. The van der Waals surface area contributed by atoms with E-state index in [1.54, 1.807) is 36.5 Å². The number of hydrogen-bond acceptors (Lipinski definition) is 9. The summed E-state index contributed by atoms with van der Waals surface area (Å²) in [7, 11) is 3.88. The molecular formula is C25H28N8O. The lowest BCUT2D eigenvalue weighted by molar-refractivity contribution is 0.321. The fraction of sp³-hybridized carbons (Fsp3) is 0.200. The van der Waals surface area contributed by atoms with Crippen molar-refractivity contribution in [3.63, 3.8) is 0 Å². The van der Waals surface area contributed by atoms with Gasteiger partial charge in [-0.1, -0.05) is 6.58 Å². The van der Waals surface area contributed by atoms with E-state index in [2.05, 4.69) is 38.2 Å². The van der Waals surface area contributed by atoms with Crippen LogP contribution in [0.1, 0.15) is 22.3 Å². The molecule has 9 nitrogen and oxygen atoms in total. The first-order chi connectivity index (χ1) is 16.3. The van der Waals surface area contributed by atoms with Crippen molar-refractivity contribution in [3.8, 4) is 6.07 Å². The Labute approximate surface area is 199 Å². The van der Waals surface area contributed by atoms with E-state index in [1.165, 1.54) is 0 Å². The Balaban J connectivity index is 1.80. The predicted molar refractivity (Wildman–Crippen MR) is 135 cm³/mol. The highest BCUT2D eigenvalue weighted by molar-refractivity contribution is 5.95. The number of likely N-dealkylation sites (N-methyl/N-ethyl adjacent to an activating group) is 1. The first kappa shape index (κ1) is 24.4. The maximum absolute atomic E-state index is 8.94. The Morgan fingerprint density at radius 3 is 2.41 bits per heavy atom. The van der Waals surface area contributed by atoms with E-state index in [4.69, 9.17) is 16.0 Å². The van der Waals surface area contributed by atoms with Gasteiger partial charge in [0.15, 0.2) is 0 Å². The molecule has 2 aromatic carbocycles. The van der Waals surface area contributed by atoms with Crippen molar-refractivity contribution in [2.24, 2.45) is 10.9 Å². The maximum atomic E-state index is 8.94. The molecule has 0 aliphatic rings. The van der Waals surface area contributed by atoms with Crippen LogP contribution < -0.4 is 16.5 Å². The summed E-state index contributed by atoms with van der Waals surface area (Å²) in [5, 5.41) is 15.5. The van der Waals surface area contributed by atoms with Crippen LogP contribution in [0, 0.1) is 25.2 Å². The van der Waals surface area contributed by atoms with Gasteiger partial charge in [0.05, 0.1) is 17.3 Å². The molecule has 0 saturated carbocycles. The molecule has 0 bridgehead atoms. The fourth-order valence-corrected chi connectivity index (χ4v) is 3.36. The average Bonchev–Trinajstić information content (AvgIpc) is 2.80. The zero-order valence-corrected chi connectivity index (χ0v) is 19.8. The number of anilines is 4. The molecule has 0 saturated heterocycles. The van der Waals surface area contributed by atoms with Crippen LogP contribution in [-0.4, -0.2) is 41.4 Å². The molecule has 1 heterocycles. The van der Waals surface area contributed by atoms with Crippen molar-refractivity contribution in [2.45, 2.75) is 13.8 Å². The van der Waals surface area contributed by atoms with Crippen LogP contribution in [0.25, 0.3) is 0 Å². The van der Waals surface area contributed by atoms with Crippen molar-refractivity contribution < 1.29 is 4.84 Å². The van der Waals surface area contributed by atoms with Gasteiger partial charge in [0, 0.05) is 29.7 Å². The van der Waals surface area contributed by atoms with Gasteiger partial charge in [-0.05, 0) is 81.5 Å². The zero-order valence-electron chi connectivity index (χ0n) is 19.8. The number of rotatable bonds is 8. The second kappa shape index (κ2) is 11.0. The van der Waals surface area contributed by atoms with Gasteiger partial charge in [-0.15, -0.1) is 0 Å². The Morgan fingerprint density at radius 1 is 1.15 bits per heavy atom. The summed E-state index contributed by atoms with van der Waals surface area (Å²) in [5.74, 6) is 6.88. The molecule has 4 N–H and O–H groups in total. The summed E-state index contributed by atoms with van der Waals surface area (Å²) in [6.07, 6.45) is 1.67. The smallest absolute Gasteiger partial charge is 0.244 e. The van der Waals surface area contributed by atoms with Crippen molar-refractivity contribution >= 4 is 29.0 Å². The van der Waals surface area contributed by atoms with Crippen molar-refractivity contribution in [2.75, 3.05) is 31.3 Å². The zero-order chi connectivity index (χ0) is 24.7. The van der Waals surface area contributed by atoms with E-state index in [1.807, 2.05) is 45.0 Å². The second-order valence-corrected chi connectivity index (χ2v) is 8.03. The summed E-state index contributed by atoms with van der Waals surface area (Å²) in [6, 6.07) is 14.9. The standard InChI is InChI=1S/C25H28N8O/c1-16-12-20(24(34-27)29-18(3)15-33(4)5)13-17(2)23(16)31-22-10-11-28-25(32-22)30-21-8-6-19(14-26)7-9-21/h6-13H,3,15,27H2,1-2,4-5H3,(H2,28,30,31,32)/b29-24-. The third-order valence-corrected chi connectivity index (χ3v) is 4.83. The minimum Gasteiger partial charge on any atom is -0.391 e. The highest BCUT2D eigenvalue weighted by Crippen LogP contribution is 2.26. The molecule has 3 aromatic rings. The molecule has 0 aliphatic heterocycles. The number of aliphatic imine (C=N–C) groups is 1. The Morgan fingerprint density at radius 2 is 1.82 bits per heavy atom. The van der Waals surface area contributed by atoms with Gasteiger partial charge in [-0.2, -0.15) is 16.1 Å². The van der Waals surface area contributed by atoms with Crippen LogP contribution in [0.15, 0.2) is 65.9 Å². The normalized spacial score (nSPS) is 11.1. The molecule has 9 heteroatoms. The summed E-state index contributed by atoms with van der Waals surface area (Å²) in [5.41, 5.74) is 5.63. The van der Waals surface area contributed by atoms with E-state index in [9.17, 15) is 0 Å². The van der Waals surface area contributed by atoms with Gasteiger partial charge < -0.3 is 20.4 Å². The summed E-state index contributed by atoms with van der Waals surface area (Å²) in [6.45, 7) is 8.53. The van der Waals surface area contributed by atoms with Crippen LogP contribution in [0.4, 0.5) is 23.1 Å². The van der Waals surface area contributed by atoms with Gasteiger partial charge in [-0.3, -0.25) is 0 Å². The van der Waals surface area contributed by atoms with Gasteiger partial charge in [-0.25, -0.2) is 9.98 Å². The van der Waals surface area contributed by atoms with Crippen molar-refractivity contribution in [1.29, 1.82) is 5.26 Å². The van der Waals surface area contributed by atoms with Gasteiger partial charge in [0.25, 0.3) is 0 Å². The highest BCUT2D eigenvalue weighted by atomic mass is 16.6. The minimum absolute atomic E-state index is 0.306. The van der Waals surface area contributed by atoms with E-state index < -0.39 is 0 Å². The number of benzene rings is 2. The van der Waals surface area contributed by atoms with Crippen LogP contribution in [-0.2, 0) is 4.84 Å². The number of nitrogens with two attached hydrogens (primary N) is 1. The number of nitrogens with one attached hydrogen (secondary N) is 2. The van der Waals surface area contributed by atoms with E-state index in [0.29, 0.717) is 35.5 Å². The first-order valence-electron chi connectivity index (χ1n) is 10.6. The lowest BCUT2D eigenvalue weighted by Gasteiger charge is -2.16. The van der Waals surface area contributed by atoms with Gasteiger partial charge in [0.2, 0.25) is 11.8 Å². The second-order valence-electron chi connectivity index (χ2n) is 8.03. The molecule has 0 unspecified atom stereocenters. The fourth-order valence-electron chi connectivity index (χ4n) is 3.36. The lowest BCUT2D eigenvalue weighted by Crippen LogP contribution is -2.17. The molecule has 1 aromatic heterocycles. The summed E-state index contributed by atoms with van der Waals surface area (Å²) in [4.78, 5) is 20.3. The molecule has 0 radical (unpaired) electrons. The van der Waals surface area contributed by atoms with E-state index in [0.717, 1.165) is 28.1 Å². The molecule has 0 atom stereocenters. The highest BCUT2D eigenvalue weighted by Gasteiger charge is 2.12. The van der Waals surface area contributed by atoms with Gasteiger partial charge >= 0.3 is 0 Å². The number of nitriles is 1. The van der Waals surface area contributed by atoms with Crippen LogP contribution >= 0.6 is 0 Å². The van der Waals surface area contributed by atoms with Crippen molar-refractivity contribution in [3.05, 3.63) is 83.2 Å². The SMILES string of the molecule is C=C(CN(C)C)/N=C(\ON)c1cc(C)c(Nc2ccnc(Nc3ccc(C#N)cc3)n2)c(C)c1. The Hall–Kier alpha value is -4.26. The molecule has 0 aliphatic carbocycles. The third kappa shape index (κ3) is 6.38. The monoisotopic (exact) mass is 456 g/mol. The summed E-state index contributed by atoms with van der Waals surface area (Å²) >= 11 is 0. The molecule has 0 amide bonds. The average molecular weight is 457 g/mol. The van der Waals surface area contributed by atoms with E-state index >= 15 is 0 Å². The van der Waals surface area contributed by atoms with Gasteiger partial charge in [0.1, 0.15) is 5.82 Å². The molecular weight excluding hydrogens is 428 g/mol. The lowest BCUT2D eigenvalue weighted by atomic mass is 10.0. The topological polar surface area (TPSA) is 124 Å². The first-order valence-corrected chi connectivity index (χ1v) is 10.6. The van der Waals surface area contributed by atoms with Crippen LogP contribution in [0.3, 0.4) is 0 Å². The molecule has 174 valence electrons. The van der Waals surface area contributed by atoms with Crippen molar-refractivity contribution in [1.82, 2.24) is 14.9 Å². The number of hydrogen-bond donors (Lipinski definition) is 3. The molecule has 0 spiro atoms. The molecule has 34 heavy (non-hydrogen) atoms. The molecule has 3 rings (SSSR count). The minimum atomic E-state index is 0.306. The number of nitrogens with zero attached hydrogens (tertiary/aromatic N) is 5. The largest absolute Gasteiger partial charge is 0.391 e. The number of aryl methyl sites for hydroxylation is 2. The quantitative estimate of drug-likeness (QED) is 0.262. The van der Waals surface area contributed by atoms with Crippen LogP contribution in [0.5, 0.6) is 0 Å². The maximum Gasteiger partial charge on any atom is 0.244 e. The predicted octanol–water partition coefficient (Wildman–Crippen LogP) is 4.16. The van der Waals surface area contributed by atoms with E-state index in [-0.39, 0.29) is 0 Å². The summed E-state index contributed by atoms with van der Waals surface area (Å²) < 4.78 is 0.